The molecular formula is C16H14BrNO3. The standard InChI is InChI=1S/C13H7BrO.C3H7NO2/c14-8-5-6-11-12(7-8)9-3-1-2-4-10(9)13(11)15;1-4-2-3(5)6/h1-7H;4H,2H2,1H3,(H,5,6). The van der Waals surface area contributed by atoms with Crippen molar-refractivity contribution in [3.8, 4) is 11.1 Å². The van der Waals surface area contributed by atoms with E-state index in [1.54, 1.807) is 7.05 Å². The summed E-state index contributed by atoms with van der Waals surface area (Å²) in [5.41, 5.74) is 3.69. The molecule has 3 rings (SSSR count). The number of carboxylic acids is 1. The first-order chi connectivity index (χ1) is 10.0. The van der Waals surface area contributed by atoms with Crippen LogP contribution in [0, 0.1) is 0 Å². The maximum Gasteiger partial charge on any atom is 0.317 e. The number of ketones is 1. The molecule has 0 aromatic heterocycles. The van der Waals surface area contributed by atoms with Crippen LogP contribution >= 0.6 is 15.9 Å². The van der Waals surface area contributed by atoms with Crippen LogP contribution in [0.2, 0.25) is 0 Å². The monoisotopic (exact) mass is 347 g/mol. The summed E-state index contributed by atoms with van der Waals surface area (Å²) in [6, 6.07) is 13.5. The Morgan fingerprint density at radius 3 is 2.29 bits per heavy atom. The molecule has 2 aromatic rings. The maximum absolute atomic E-state index is 12.0. The van der Waals surface area contributed by atoms with Gasteiger partial charge in [0.25, 0.3) is 0 Å². The van der Waals surface area contributed by atoms with E-state index >= 15 is 0 Å². The Kier molecular flexibility index (Phi) is 4.88. The lowest BCUT2D eigenvalue weighted by atomic mass is 10.1. The molecule has 0 spiro atoms. The fourth-order valence-electron chi connectivity index (χ4n) is 2.15. The van der Waals surface area contributed by atoms with E-state index in [-0.39, 0.29) is 12.3 Å². The average molecular weight is 348 g/mol. The van der Waals surface area contributed by atoms with E-state index in [9.17, 15) is 9.59 Å². The molecular weight excluding hydrogens is 334 g/mol. The third kappa shape index (κ3) is 3.37. The van der Waals surface area contributed by atoms with Crippen molar-refractivity contribution in [1.82, 2.24) is 5.32 Å². The number of nitrogens with one attached hydrogen (secondary N) is 1. The summed E-state index contributed by atoms with van der Waals surface area (Å²) in [6.07, 6.45) is 0. The van der Waals surface area contributed by atoms with Gasteiger partial charge in [0.05, 0.1) is 6.54 Å². The number of carboxylic acid groups (broad SMARTS) is 1. The van der Waals surface area contributed by atoms with Gasteiger partial charge >= 0.3 is 5.97 Å². The van der Waals surface area contributed by atoms with Crippen molar-refractivity contribution in [2.75, 3.05) is 13.6 Å². The van der Waals surface area contributed by atoms with Crippen molar-refractivity contribution in [2.24, 2.45) is 0 Å². The van der Waals surface area contributed by atoms with Gasteiger partial charge in [-0.25, -0.2) is 0 Å². The van der Waals surface area contributed by atoms with Crippen molar-refractivity contribution < 1.29 is 14.7 Å². The normalized spacial score (nSPS) is 11.2. The average Bonchev–Trinajstić information content (AvgIpc) is 2.73. The number of hydrogen-bond acceptors (Lipinski definition) is 3. The smallest absolute Gasteiger partial charge is 0.317 e. The molecule has 2 N–H and O–H groups in total. The summed E-state index contributed by atoms with van der Waals surface area (Å²) >= 11 is 3.43. The number of benzene rings is 2. The molecule has 0 saturated heterocycles. The molecule has 1 aliphatic rings. The SMILES string of the molecule is CNCC(=O)O.O=C1c2ccccc2-c2cc(Br)ccc21. The highest BCUT2D eigenvalue weighted by molar-refractivity contribution is 9.10. The van der Waals surface area contributed by atoms with Crippen molar-refractivity contribution in [3.63, 3.8) is 0 Å². The van der Waals surface area contributed by atoms with E-state index in [4.69, 9.17) is 5.11 Å². The minimum atomic E-state index is -0.822. The lowest BCUT2D eigenvalue weighted by Gasteiger charge is -1.99. The van der Waals surface area contributed by atoms with Gasteiger partial charge in [-0.2, -0.15) is 0 Å². The molecule has 0 radical (unpaired) electrons. The van der Waals surface area contributed by atoms with Crippen LogP contribution in [0.4, 0.5) is 0 Å². The Morgan fingerprint density at radius 1 is 1.10 bits per heavy atom. The molecule has 0 unspecified atom stereocenters. The number of rotatable bonds is 2. The van der Waals surface area contributed by atoms with Crippen LogP contribution in [0.15, 0.2) is 46.9 Å². The van der Waals surface area contributed by atoms with Gasteiger partial charge in [0.1, 0.15) is 0 Å². The number of likely N-dealkylation sites (N-methyl/N-ethyl adjacent to an activating group) is 1. The lowest BCUT2D eigenvalue weighted by Crippen LogP contribution is -2.16. The number of aliphatic carboxylic acids is 1. The maximum atomic E-state index is 12.0. The Bertz CT molecular complexity index is 698. The van der Waals surface area contributed by atoms with Gasteiger partial charge in [0, 0.05) is 15.6 Å². The van der Waals surface area contributed by atoms with Crippen LogP contribution in [0.5, 0.6) is 0 Å². The van der Waals surface area contributed by atoms with Crippen LogP contribution in [-0.4, -0.2) is 30.5 Å². The summed E-state index contributed by atoms with van der Waals surface area (Å²) in [4.78, 5) is 21.5. The van der Waals surface area contributed by atoms with Gasteiger partial charge < -0.3 is 10.4 Å². The Balaban J connectivity index is 0.000000232. The largest absolute Gasteiger partial charge is 0.480 e. The third-order valence-corrected chi connectivity index (χ3v) is 3.51. The highest BCUT2D eigenvalue weighted by Gasteiger charge is 2.25. The molecule has 108 valence electrons. The highest BCUT2D eigenvalue weighted by Crippen LogP contribution is 2.37. The van der Waals surface area contributed by atoms with Crippen molar-refractivity contribution >= 4 is 27.7 Å². The Hall–Kier alpha value is -1.98. The fraction of sp³-hybridized carbons (Fsp3) is 0.125. The van der Waals surface area contributed by atoms with Gasteiger partial charge in [-0.3, -0.25) is 9.59 Å². The van der Waals surface area contributed by atoms with Crippen LogP contribution in [0.1, 0.15) is 15.9 Å². The lowest BCUT2D eigenvalue weighted by molar-refractivity contribution is -0.135. The first-order valence-electron chi connectivity index (χ1n) is 6.34. The topological polar surface area (TPSA) is 66.4 Å². The minimum absolute atomic E-state index is 0.0417. The number of hydrogen-bond donors (Lipinski definition) is 2. The second-order valence-electron chi connectivity index (χ2n) is 4.49. The van der Waals surface area contributed by atoms with Gasteiger partial charge in [-0.1, -0.05) is 40.2 Å². The number of halogens is 1. The van der Waals surface area contributed by atoms with Gasteiger partial charge in [0.2, 0.25) is 0 Å². The molecule has 0 aliphatic heterocycles. The molecule has 1 aliphatic carbocycles. The van der Waals surface area contributed by atoms with E-state index in [0.29, 0.717) is 0 Å². The van der Waals surface area contributed by atoms with E-state index in [2.05, 4.69) is 21.2 Å². The van der Waals surface area contributed by atoms with Crippen LogP contribution < -0.4 is 5.32 Å². The minimum Gasteiger partial charge on any atom is -0.480 e. The predicted octanol–water partition coefficient (Wildman–Crippen LogP) is 2.95. The quantitative estimate of drug-likeness (QED) is 0.747. The molecule has 5 heteroatoms. The summed E-state index contributed by atoms with van der Waals surface area (Å²) in [5.74, 6) is -0.689. The summed E-state index contributed by atoms with van der Waals surface area (Å²) in [5, 5.41) is 10.3. The predicted molar refractivity (Wildman–Crippen MR) is 84.6 cm³/mol. The molecule has 0 saturated carbocycles. The first-order valence-corrected chi connectivity index (χ1v) is 7.14. The van der Waals surface area contributed by atoms with Crippen LogP contribution in [-0.2, 0) is 4.79 Å². The number of carbonyl (C=O) groups excluding carboxylic acids is 1. The fourth-order valence-corrected chi connectivity index (χ4v) is 2.51. The molecule has 2 aromatic carbocycles. The third-order valence-electron chi connectivity index (χ3n) is 3.02. The number of fused-ring (bicyclic) bond motifs is 3. The second-order valence-corrected chi connectivity index (χ2v) is 5.40. The zero-order valence-electron chi connectivity index (χ0n) is 11.4. The molecule has 0 heterocycles. The molecule has 0 atom stereocenters. The Labute approximate surface area is 130 Å². The van der Waals surface area contributed by atoms with Gasteiger partial charge in [0.15, 0.2) is 5.78 Å². The molecule has 0 fully saturated rings. The van der Waals surface area contributed by atoms with Crippen LogP contribution in [0.3, 0.4) is 0 Å². The van der Waals surface area contributed by atoms with E-state index in [0.717, 1.165) is 26.7 Å². The molecule has 0 amide bonds. The zero-order chi connectivity index (χ0) is 15.4. The first kappa shape index (κ1) is 15.4. The summed E-state index contributed by atoms with van der Waals surface area (Å²) in [7, 11) is 1.59. The molecule has 21 heavy (non-hydrogen) atoms. The van der Waals surface area contributed by atoms with Crippen molar-refractivity contribution in [3.05, 3.63) is 58.1 Å². The molecule has 0 bridgehead atoms. The number of carbonyl (C=O) groups is 2. The zero-order valence-corrected chi connectivity index (χ0v) is 13.0. The van der Waals surface area contributed by atoms with Crippen LogP contribution in [0.25, 0.3) is 11.1 Å². The van der Waals surface area contributed by atoms with Gasteiger partial charge in [-0.05, 0) is 36.4 Å². The van der Waals surface area contributed by atoms with E-state index < -0.39 is 5.97 Å². The van der Waals surface area contributed by atoms with Crippen molar-refractivity contribution in [2.45, 2.75) is 0 Å². The summed E-state index contributed by atoms with van der Waals surface area (Å²) < 4.78 is 1.01. The molecule has 4 nitrogen and oxygen atoms in total. The van der Waals surface area contributed by atoms with E-state index in [1.807, 2.05) is 42.5 Å². The van der Waals surface area contributed by atoms with Crippen molar-refractivity contribution in [1.29, 1.82) is 0 Å². The van der Waals surface area contributed by atoms with Gasteiger partial charge in [-0.15, -0.1) is 0 Å². The van der Waals surface area contributed by atoms with E-state index in [1.165, 1.54) is 0 Å². The second kappa shape index (κ2) is 6.65. The summed E-state index contributed by atoms with van der Waals surface area (Å²) in [6.45, 7) is 0.0417. The highest BCUT2D eigenvalue weighted by atomic mass is 79.9. The Morgan fingerprint density at radius 2 is 1.71 bits per heavy atom.